The van der Waals surface area contributed by atoms with Gasteiger partial charge in [-0.15, -0.1) is 0 Å². The second-order valence-electron chi connectivity index (χ2n) is 9.75. The molecule has 0 radical (unpaired) electrons. The molecular formula is C23H31NO3. The monoisotopic (exact) mass is 369 g/mol. The quantitative estimate of drug-likeness (QED) is 0.724. The van der Waals surface area contributed by atoms with Crippen molar-refractivity contribution in [2.24, 2.45) is 35.0 Å². The Balaban J connectivity index is 1.46. The van der Waals surface area contributed by atoms with Crippen LogP contribution in [0.4, 0.5) is 0 Å². The topological polar surface area (TPSA) is 59.3 Å². The third-order valence-electron chi connectivity index (χ3n) is 8.92. The maximum Gasteiger partial charge on any atom is 0.169 e. The molecule has 4 aliphatic carbocycles. The second-order valence-corrected chi connectivity index (χ2v) is 9.75. The number of carbonyl (C=O) groups excluding carboxylic acids is 1. The van der Waals surface area contributed by atoms with Gasteiger partial charge in [0, 0.05) is 18.8 Å². The van der Waals surface area contributed by atoms with Crippen LogP contribution in [0.2, 0.25) is 0 Å². The maximum absolute atomic E-state index is 11.9. The molecule has 0 aromatic heterocycles. The molecule has 6 unspecified atom stereocenters. The molecule has 0 spiro atoms. The summed E-state index contributed by atoms with van der Waals surface area (Å²) in [6.45, 7) is 3.47. The predicted octanol–water partition coefficient (Wildman–Crippen LogP) is 4.40. The first kappa shape index (κ1) is 17.9. The summed E-state index contributed by atoms with van der Waals surface area (Å²) in [7, 11) is 0. The number of allylic oxidation sites excluding steroid dienone is 1. The van der Waals surface area contributed by atoms with Crippen molar-refractivity contribution in [3.8, 4) is 6.07 Å². The van der Waals surface area contributed by atoms with Crippen LogP contribution in [-0.4, -0.2) is 24.8 Å². The van der Waals surface area contributed by atoms with Gasteiger partial charge in [-0.1, -0.05) is 5.57 Å². The highest BCUT2D eigenvalue weighted by Gasteiger charge is 2.63. The molecule has 3 saturated carbocycles. The zero-order chi connectivity index (χ0) is 18.6. The molecule has 1 saturated heterocycles. The average molecular weight is 370 g/mol. The first-order valence-electron chi connectivity index (χ1n) is 11.0. The molecule has 5 aliphatic rings. The lowest BCUT2D eigenvalue weighted by Gasteiger charge is -2.56. The Kier molecular flexibility index (Phi) is 4.26. The van der Waals surface area contributed by atoms with Gasteiger partial charge in [-0.05, 0) is 87.0 Å². The summed E-state index contributed by atoms with van der Waals surface area (Å²) in [5.41, 5.74) is 1.49. The molecule has 4 fully saturated rings. The third kappa shape index (κ3) is 2.58. The van der Waals surface area contributed by atoms with E-state index in [1.54, 1.807) is 0 Å². The summed E-state index contributed by atoms with van der Waals surface area (Å²) in [6, 6.07) is 2.56. The highest BCUT2D eigenvalue weighted by Crippen LogP contribution is 2.67. The summed E-state index contributed by atoms with van der Waals surface area (Å²) in [6.07, 6.45) is 11.3. The minimum absolute atomic E-state index is 0.0563. The van der Waals surface area contributed by atoms with E-state index in [9.17, 15) is 10.1 Å². The summed E-state index contributed by atoms with van der Waals surface area (Å²) in [5, 5.41) is 9.74. The minimum Gasteiger partial charge on any atom is -0.348 e. The van der Waals surface area contributed by atoms with Gasteiger partial charge in [0.05, 0.1) is 19.3 Å². The normalized spacial score (nSPS) is 45.4. The van der Waals surface area contributed by atoms with E-state index in [2.05, 4.69) is 13.0 Å². The van der Waals surface area contributed by atoms with Gasteiger partial charge < -0.3 is 9.47 Å². The van der Waals surface area contributed by atoms with E-state index in [4.69, 9.17) is 9.47 Å². The fraction of sp³-hybridized carbons (Fsp3) is 0.826. The molecular weight excluding hydrogens is 338 g/mol. The minimum atomic E-state index is -0.505. The van der Waals surface area contributed by atoms with Gasteiger partial charge in [0.1, 0.15) is 0 Å². The molecule has 1 heterocycles. The van der Waals surface area contributed by atoms with Crippen molar-refractivity contribution in [2.45, 2.75) is 70.5 Å². The Hall–Kier alpha value is -1.18. The largest absolute Gasteiger partial charge is 0.348 e. The second kappa shape index (κ2) is 6.42. The highest BCUT2D eigenvalue weighted by molar-refractivity contribution is 5.91. The van der Waals surface area contributed by atoms with E-state index in [0.717, 1.165) is 32.1 Å². The van der Waals surface area contributed by atoms with Crippen LogP contribution in [0.25, 0.3) is 0 Å². The Morgan fingerprint density at radius 3 is 2.70 bits per heavy atom. The molecule has 4 heteroatoms. The molecule has 5 rings (SSSR count). The lowest BCUT2D eigenvalue weighted by atomic mass is 9.49. The molecule has 6 atom stereocenters. The van der Waals surface area contributed by atoms with Crippen LogP contribution in [0.15, 0.2) is 11.6 Å². The molecule has 0 bridgehead atoms. The van der Waals surface area contributed by atoms with Crippen LogP contribution in [0.5, 0.6) is 0 Å². The zero-order valence-electron chi connectivity index (χ0n) is 16.4. The number of hydrogen-bond donors (Lipinski definition) is 0. The Bertz CT molecular complexity index is 701. The fourth-order valence-electron chi connectivity index (χ4n) is 8.00. The van der Waals surface area contributed by atoms with Gasteiger partial charge in [-0.25, -0.2) is 0 Å². The number of hydrogen-bond acceptors (Lipinski definition) is 4. The van der Waals surface area contributed by atoms with Crippen molar-refractivity contribution >= 4 is 5.78 Å². The van der Waals surface area contributed by atoms with Gasteiger partial charge >= 0.3 is 0 Å². The maximum atomic E-state index is 11.9. The summed E-state index contributed by atoms with van der Waals surface area (Å²) in [4.78, 5) is 11.9. The number of nitrogens with zero attached hydrogens (tertiary/aromatic N) is 1. The lowest BCUT2D eigenvalue weighted by Crippen LogP contribution is -2.52. The van der Waals surface area contributed by atoms with Crippen LogP contribution in [-0.2, 0) is 14.3 Å². The predicted molar refractivity (Wildman–Crippen MR) is 100 cm³/mol. The van der Waals surface area contributed by atoms with Gasteiger partial charge in [0.15, 0.2) is 11.6 Å². The van der Waals surface area contributed by atoms with E-state index < -0.39 is 5.79 Å². The van der Waals surface area contributed by atoms with Crippen molar-refractivity contribution in [2.75, 3.05) is 13.2 Å². The van der Waals surface area contributed by atoms with Crippen molar-refractivity contribution in [3.63, 3.8) is 0 Å². The lowest BCUT2D eigenvalue weighted by molar-refractivity contribution is -0.216. The highest BCUT2D eigenvalue weighted by atomic mass is 16.7. The first-order chi connectivity index (χ1) is 13.1. The van der Waals surface area contributed by atoms with E-state index >= 15 is 0 Å². The molecule has 0 N–H and O–H groups in total. The molecule has 0 amide bonds. The Morgan fingerprint density at radius 2 is 1.93 bits per heavy atom. The zero-order valence-corrected chi connectivity index (χ0v) is 16.4. The van der Waals surface area contributed by atoms with Crippen LogP contribution < -0.4 is 0 Å². The molecule has 1 aliphatic heterocycles. The van der Waals surface area contributed by atoms with Crippen molar-refractivity contribution in [1.29, 1.82) is 5.26 Å². The van der Waals surface area contributed by atoms with Gasteiger partial charge in [-0.2, -0.15) is 5.26 Å². The number of ether oxygens (including phenoxy) is 2. The molecule has 4 nitrogen and oxygen atoms in total. The standard InChI is InChI=1S/C23H31NO3/c1-22(26-12-13-27-22)21-7-6-20-19-4-2-15-14-16(25)3-5-17(15)18(19)8-9-23(20,21)10-11-24/h14,17-21H,2-10,12-13H2,1H3. The SMILES string of the molecule is CC1(C2CCC3C4CCC5=CC(=O)CCC5C4CCC32CC#N)OCCO1. The van der Waals surface area contributed by atoms with Crippen LogP contribution in [0.1, 0.15) is 64.7 Å². The smallest absolute Gasteiger partial charge is 0.169 e. The summed E-state index contributed by atoms with van der Waals surface area (Å²) in [5.74, 6) is 2.82. The Labute approximate surface area is 162 Å². The van der Waals surface area contributed by atoms with E-state index in [-0.39, 0.29) is 5.41 Å². The fourth-order valence-corrected chi connectivity index (χ4v) is 8.00. The van der Waals surface area contributed by atoms with E-state index in [0.29, 0.717) is 55.0 Å². The molecule has 27 heavy (non-hydrogen) atoms. The van der Waals surface area contributed by atoms with Gasteiger partial charge in [0.2, 0.25) is 0 Å². The van der Waals surface area contributed by atoms with Crippen molar-refractivity contribution in [3.05, 3.63) is 11.6 Å². The molecule has 0 aromatic carbocycles. The average Bonchev–Trinajstić information content (AvgIpc) is 3.26. The van der Waals surface area contributed by atoms with Gasteiger partial charge in [-0.3, -0.25) is 4.79 Å². The number of rotatable bonds is 2. The van der Waals surface area contributed by atoms with Gasteiger partial charge in [0.25, 0.3) is 0 Å². The summed E-state index contributed by atoms with van der Waals surface area (Å²) >= 11 is 0. The summed E-state index contributed by atoms with van der Waals surface area (Å²) < 4.78 is 12.2. The third-order valence-corrected chi connectivity index (χ3v) is 8.92. The number of nitriles is 1. The van der Waals surface area contributed by atoms with Crippen LogP contribution in [0, 0.1) is 46.3 Å². The van der Waals surface area contributed by atoms with E-state index in [1.807, 2.05) is 6.08 Å². The van der Waals surface area contributed by atoms with Crippen LogP contribution in [0.3, 0.4) is 0 Å². The number of carbonyl (C=O) groups is 1. The Morgan fingerprint density at radius 1 is 1.11 bits per heavy atom. The van der Waals surface area contributed by atoms with Crippen LogP contribution >= 0.6 is 0 Å². The van der Waals surface area contributed by atoms with E-state index in [1.165, 1.54) is 24.8 Å². The number of ketones is 1. The molecule has 0 aromatic rings. The molecule has 146 valence electrons. The van der Waals surface area contributed by atoms with Crippen molar-refractivity contribution in [1.82, 2.24) is 0 Å². The number of fused-ring (bicyclic) bond motifs is 5. The first-order valence-corrected chi connectivity index (χ1v) is 11.0. The van der Waals surface area contributed by atoms with Crippen molar-refractivity contribution < 1.29 is 14.3 Å².